The highest BCUT2D eigenvalue weighted by Crippen LogP contribution is 2.20. The number of ether oxygens (including phenoxy) is 1. The fourth-order valence-corrected chi connectivity index (χ4v) is 3.18. The summed E-state index contributed by atoms with van der Waals surface area (Å²) < 4.78 is 5.85. The molecule has 0 saturated carbocycles. The Morgan fingerprint density at radius 1 is 1.15 bits per heavy atom. The van der Waals surface area contributed by atoms with Crippen LogP contribution in [-0.2, 0) is 12.8 Å². The minimum absolute atomic E-state index is 0.135. The molecule has 2 aromatic carbocycles. The zero-order valence-electron chi connectivity index (χ0n) is 16.5. The Hall–Kier alpha value is -2.30. The van der Waals surface area contributed by atoms with Crippen LogP contribution in [0.3, 0.4) is 0 Å². The van der Waals surface area contributed by atoms with Crippen LogP contribution in [0.1, 0.15) is 31.9 Å². The van der Waals surface area contributed by atoms with Gasteiger partial charge in [-0.3, -0.25) is 0 Å². The highest BCUT2D eigenvalue weighted by Gasteiger charge is 2.25. The first-order chi connectivity index (χ1) is 12.8. The highest BCUT2D eigenvalue weighted by molar-refractivity contribution is 5.34. The Morgan fingerprint density at radius 3 is 2.48 bits per heavy atom. The first kappa shape index (κ1) is 21.0. The molecule has 4 nitrogen and oxygen atoms in total. The first-order valence-corrected chi connectivity index (χ1v) is 9.36. The summed E-state index contributed by atoms with van der Waals surface area (Å²) in [5.41, 5.74) is 1.98. The summed E-state index contributed by atoms with van der Waals surface area (Å²) in [7, 11) is 0. The third-order valence-electron chi connectivity index (χ3n) is 4.52. The summed E-state index contributed by atoms with van der Waals surface area (Å²) in [4.78, 5) is 0. The maximum absolute atomic E-state index is 10.5. The smallest absolute Gasteiger partial charge is 0.122 e. The van der Waals surface area contributed by atoms with E-state index in [1.165, 1.54) is 0 Å². The van der Waals surface area contributed by atoms with E-state index in [0.29, 0.717) is 0 Å². The lowest BCUT2D eigenvalue weighted by molar-refractivity contribution is 0.0680. The average Bonchev–Trinajstić information content (AvgIpc) is 2.62. The fourth-order valence-electron chi connectivity index (χ4n) is 3.18. The fraction of sp³-hybridized carbons (Fsp3) is 0.391. The monoisotopic (exact) mass is 369 g/mol. The minimum atomic E-state index is -0.638. The van der Waals surface area contributed by atoms with Crippen LogP contribution in [0, 0.1) is 0 Å². The second-order valence-electron chi connectivity index (χ2n) is 7.64. The summed E-state index contributed by atoms with van der Waals surface area (Å²) >= 11 is 0. The van der Waals surface area contributed by atoms with Crippen LogP contribution in [-0.4, -0.2) is 34.5 Å². The summed E-state index contributed by atoms with van der Waals surface area (Å²) in [6, 6.07) is 14.9. The molecule has 3 N–H and O–H groups in total. The standard InChI is InChI=1S/C23H31NO3/c1-5-8-19-9-6-7-10-22(19)27-16-21(26)17(2)24-23(3,4)15-18-11-13-20(25)14-12-18/h5-7,9-14,17,21,24-26H,1,8,15-16H2,2-4H3. The van der Waals surface area contributed by atoms with Gasteiger partial charge in [0.05, 0.1) is 0 Å². The molecule has 2 aromatic rings. The number of aliphatic hydroxyl groups excluding tert-OH is 1. The van der Waals surface area contributed by atoms with E-state index >= 15 is 0 Å². The van der Waals surface area contributed by atoms with E-state index < -0.39 is 6.10 Å². The van der Waals surface area contributed by atoms with Crippen LogP contribution in [0.25, 0.3) is 0 Å². The SMILES string of the molecule is C=CCc1ccccc1OCC(O)C(C)NC(C)(C)Cc1ccc(O)cc1. The summed E-state index contributed by atoms with van der Waals surface area (Å²) in [5, 5.41) is 23.4. The molecule has 146 valence electrons. The summed E-state index contributed by atoms with van der Waals surface area (Å²) in [5.74, 6) is 1.05. The molecule has 0 aromatic heterocycles. The van der Waals surface area contributed by atoms with Gasteiger partial charge in [0.1, 0.15) is 24.2 Å². The third-order valence-corrected chi connectivity index (χ3v) is 4.52. The number of benzene rings is 2. The lowest BCUT2D eigenvalue weighted by atomic mass is 9.93. The van der Waals surface area contributed by atoms with Gasteiger partial charge in [0.25, 0.3) is 0 Å². The molecule has 2 unspecified atom stereocenters. The molecule has 2 atom stereocenters. The molecule has 0 radical (unpaired) electrons. The second-order valence-corrected chi connectivity index (χ2v) is 7.64. The Bertz CT molecular complexity index is 725. The van der Waals surface area contributed by atoms with Crippen molar-refractivity contribution in [2.45, 2.75) is 51.3 Å². The van der Waals surface area contributed by atoms with Crippen LogP contribution < -0.4 is 10.1 Å². The molecule has 0 aliphatic heterocycles. The van der Waals surface area contributed by atoms with Crippen molar-refractivity contribution >= 4 is 0 Å². The van der Waals surface area contributed by atoms with Crippen LogP contribution in [0.15, 0.2) is 61.2 Å². The van der Waals surface area contributed by atoms with Crippen LogP contribution in [0.5, 0.6) is 11.5 Å². The molecule has 0 bridgehead atoms. The number of rotatable bonds is 10. The predicted octanol–water partition coefficient (Wildman–Crippen LogP) is 3.86. The van der Waals surface area contributed by atoms with Gasteiger partial charge < -0.3 is 20.3 Å². The second kappa shape index (κ2) is 9.58. The average molecular weight is 370 g/mol. The van der Waals surface area contributed by atoms with Gasteiger partial charge in [0.15, 0.2) is 0 Å². The third kappa shape index (κ3) is 6.74. The van der Waals surface area contributed by atoms with E-state index in [4.69, 9.17) is 4.74 Å². The van der Waals surface area contributed by atoms with Gasteiger partial charge in [0, 0.05) is 11.6 Å². The van der Waals surface area contributed by atoms with Crippen molar-refractivity contribution < 1.29 is 14.9 Å². The number of aromatic hydroxyl groups is 1. The Labute approximate surface area is 162 Å². The predicted molar refractivity (Wildman–Crippen MR) is 110 cm³/mol. The van der Waals surface area contributed by atoms with Crippen LogP contribution in [0.2, 0.25) is 0 Å². The molecule has 0 aliphatic rings. The van der Waals surface area contributed by atoms with Crippen molar-refractivity contribution in [1.29, 1.82) is 0 Å². The first-order valence-electron chi connectivity index (χ1n) is 9.36. The maximum atomic E-state index is 10.5. The lowest BCUT2D eigenvalue weighted by Gasteiger charge is -2.32. The molecule has 0 fully saturated rings. The van der Waals surface area contributed by atoms with Crippen LogP contribution in [0.4, 0.5) is 0 Å². The molecule has 0 spiro atoms. The van der Waals surface area contributed by atoms with Crippen molar-refractivity contribution in [3.05, 3.63) is 72.3 Å². The molecular weight excluding hydrogens is 338 g/mol. The van der Waals surface area contributed by atoms with Crippen molar-refractivity contribution in [1.82, 2.24) is 5.32 Å². The quantitative estimate of drug-likeness (QED) is 0.557. The number of para-hydroxylation sites is 1. The number of hydrogen-bond acceptors (Lipinski definition) is 4. The van der Waals surface area contributed by atoms with Gasteiger partial charge in [0.2, 0.25) is 0 Å². The van der Waals surface area contributed by atoms with Gasteiger partial charge >= 0.3 is 0 Å². The molecule has 0 heterocycles. The van der Waals surface area contributed by atoms with Crippen LogP contribution >= 0.6 is 0 Å². The Kier molecular flexibility index (Phi) is 7.45. The van der Waals surface area contributed by atoms with Crippen molar-refractivity contribution in [2.24, 2.45) is 0 Å². The normalized spacial score (nSPS) is 13.8. The maximum Gasteiger partial charge on any atom is 0.122 e. The number of nitrogens with one attached hydrogen (secondary N) is 1. The van der Waals surface area contributed by atoms with E-state index in [-0.39, 0.29) is 23.9 Å². The van der Waals surface area contributed by atoms with E-state index in [9.17, 15) is 10.2 Å². The summed E-state index contributed by atoms with van der Waals surface area (Å²) in [6.07, 6.45) is 2.72. The van der Waals surface area contributed by atoms with Crippen molar-refractivity contribution in [3.8, 4) is 11.5 Å². The van der Waals surface area contributed by atoms with E-state index in [1.54, 1.807) is 12.1 Å². The van der Waals surface area contributed by atoms with Gasteiger partial charge in [-0.2, -0.15) is 0 Å². The molecule has 4 heteroatoms. The molecule has 0 aliphatic carbocycles. The molecule has 27 heavy (non-hydrogen) atoms. The minimum Gasteiger partial charge on any atom is -0.508 e. The lowest BCUT2D eigenvalue weighted by Crippen LogP contribution is -2.52. The molecule has 0 amide bonds. The van der Waals surface area contributed by atoms with Gasteiger partial charge in [-0.15, -0.1) is 6.58 Å². The Balaban J connectivity index is 1.89. The van der Waals surface area contributed by atoms with E-state index in [1.807, 2.05) is 49.4 Å². The highest BCUT2D eigenvalue weighted by atomic mass is 16.5. The number of aliphatic hydroxyl groups is 1. The van der Waals surface area contributed by atoms with Crippen molar-refractivity contribution in [2.75, 3.05) is 6.61 Å². The number of phenols is 1. The zero-order valence-corrected chi connectivity index (χ0v) is 16.5. The molecule has 0 saturated heterocycles. The van der Waals surface area contributed by atoms with E-state index in [0.717, 1.165) is 29.7 Å². The number of hydrogen-bond donors (Lipinski definition) is 3. The largest absolute Gasteiger partial charge is 0.508 e. The van der Waals surface area contributed by atoms with E-state index in [2.05, 4.69) is 25.7 Å². The Morgan fingerprint density at radius 2 is 1.81 bits per heavy atom. The van der Waals surface area contributed by atoms with Crippen molar-refractivity contribution in [3.63, 3.8) is 0 Å². The topological polar surface area (TPSA) is 61.7 Å². The van der Waals surface area contributed by atoms with Gasteiger partial charge in [-0.25, -0.2) is 0 Å². The molecule has 2 rings (SSSR count). The summed E-state index contributed by atoms with van der Waals surface area (Å²) in [6.45, 7) is 10.2. The van der Waals surface area contributed by atoms with Gasteiger partial charge in [-0.05, 0) is 62.9 Å². The van der Waals surface area contributed by atoms with Gasteiger partial charge in [-0.1, -0.05) is 36.4 Å². The zero-order chi connectivity index (χ0) is 19.9. The number of phenolic OH excluding ortho intramolecular Hbond substituents is 1. The number of allylic oxidation sites excluding steroid dienone is 1. The molecular formula is C23H31NO3.